The summed E-state index contributed by atoms with van der Waals surface area (Å²) in [6.07, 6.45) is 17.2. The molecule has 4 aliphatic rings. The van der Waals surface area contributed by atoms with E-state index >= 15 is 0 Å². The number of aliphatic hydroxyl groups excluding tert-OH is 1. The van der Waals surface area contributed by atoms with Crippen molar-refractivity contribution >= 4 is 6.29 Å². The van der Waals surface area contributed by atoms with Gasteiger partial charge in [-0.1, -0.05) is 59.8 Å². The van der Waals surface area contributed by atoms with Crippen LogP contribution in [0.1, 0.15) is 99.8 Å². The third-order valence-electron chi connectivity index (χ3n) is 11.2. The van der Waals surface area contributed by atoms with Gasteiger partial charge in [-0.3, -0.25) is 4.79 Å². The van der Waals surface area contributed by atoms with Crippen molar-refractivity contribution in [3.8, 4) is 0 Å². The van der Waals surface area contributed by atoms with Crippen LogP contribution in [-0.4, -0.2) is 17.5 Å². The highest BCUT2D eigenvalue weighted by molar-refractivity contribution is 5.71. The lowest BCUT2D eigenvalue weighted by atomic mass is 9.44. The van der Waals surface area contributed by atoms with Crippen molar-refractivity contribution in [2.45, 2.75) is 106 Å². The van der Waals surface area contributed by atoms with Gasteiger partial charge in [0.25, 0.3) is 0 Å². The summed E-state index contributed by atoms with van der Waals surface area (Å²) in [5, 5.41) is 10.8. The molecule has 0 bridgehead atoms. The predicted molar refractivity (Wildman–Crippen MR) is 133 cm³/mol. The Morgan fingerprint density at radius 3 is 2.53 bits per heavy atom. The summed E-state index contributed by atoms with van der Waals surface area (Å²) in [7, 11) is 0. The average molecular weight is 439 g/mol. The number of aliphatic hydroxyl groups is 1. The summed E-state index contributed by atoms with van der Waals surface area (Å²) in [5.74, 6) is 1.92. The minimum atomic E-state index is -0.186. The molecule has 0 aromatic carbocycles. The lowest BCUT2D eigenvalue weighted by molar-refractivity contribution is -0.104. The topological polar surface area (TPSA) is 37.3 Å². The number of fused-ring (bicyclic) bond motifs is 5. The van der Waals surface area contributed by atoms with Gasteiger partial charge in [-0.15, -0.1) is 0 Å². The third-order valence-corrected chi connectivity index (χ3v) is 11.2. The van der Waals surface area contributed by atoms with E-state index in [-0.39, 0.29) is 22.3 Å². The Kier molecular flexibility index (Phi) is 5.97. The molecule has 178 valence electrons. The van der Waals surface area contributed by atoms with Crippen molar-refractivity contribution in [3.05, 3.63) is 34.9 Å². The highest BCUT2D eigenvalue weighted by atomic mass is 16.3. The van der Waals surface area contributed by atoms with Crippen molar-refractivity contribution in [1.29, 1.82) is 0 Å². The molecule has 0 radical (unpaired) electrons. The van der Waals surface area contributed by atoms with Crippen LogP contribution in [0.25, 0.3) is 0 Å². The molecule has 1 N–H and O–H groups in total. The van der Waals surface area contributed by atoms with Crippen molar-refractivity contribution in [2.24, 2.45) is 39.4 Å². The third kappa shape index (κ3) is 3.26. The van der Waals surface area contributed by atoms with Crippen molar-refractivity contribution in [2.75, 3.05) is 0 Å². The fourth-order valence-electron chi connectivity index (χ4n) is 8.77. The van der Waals surface area contributed by atoms with Crippen molar-refractivity contribution < 1.29 is 9.90 Å². The second kappa shape index (κ2) is 7.97. The molecule has 2 fully saturated rings. The maximum Gasteiger partial charge on any atom is 0.145 e. The van der Waals surface area contributed by atoms with E-state index in [1.165, 1.54) is 25.7 Å². The minimum Gasteiger partial charge on any atom is -0.393 e. The molecule has 0 amide bonds. The maximum absolute atomic E-state index is 10.9. The second-order valence-corrected chi connectivity index (χ2v) is 13.0. The first kappa shape index (κ1) is 24.0. The van der Waals surface area contributed by atoms with E-state index in [1.807, 2.05) is 6.92 Å². The average Bonchev–Trinajstić information content (AvgIpc) is 3.02. The molecular formula is C30H46O2. The molecule has 4 aliphatic carbocycles. The highest BCUT2D eigenvalue weighted by Crippen LogP contribution is 2.71. The van der Waals surface area contributed by atoms with Crippen LogP contribution in [0.4, 0.5) is 0 Å². The zero-order valence-corrected chi connectivity index (χ0v) is 21.6. The standard InChI is InChI=1S/C30H46O2/c1-20(19-31)9-8-10-21(2)22-13-17-30(7)24-11-12-25-27(3,4)26(32)15-16-28(25,5)23(24)14-18-29(22,30)6/h9,11,14,19,21-22,25-26,32H,8,10,12-13,15-18H2,1-7H3/b20-9+/t21-,22-,25?,26+,28-,29-,30+/m1/s1. The van der Waals surface area contributed by atoms with Crippen LogP contribution in [0.2, 0.25) is 0 Å². The maximum atomic E-state index is 10.9. The molecule has 2 nitrogen and oxygen atoms in total. The summed E-state index contributed by atoms with van der Waals surface area (Å²) in [5.41, 5.74) is 4.86. The Labute approximate surface area is 196 Å². The minimum absolute atomic E-state index is 0.0303. The second-order valence-electron chi connectivity index (χ2n) is 13.0. The first-order valence-electron chi connectivity index (χ1n) is 13.1. The molecular weight excluding hydrogens is 392 g/mol. The van der Waals surface area contributed by atoms with Crippen LogP contribution < -0.4 is 0 Å². The van der Waals surface area contributed by atoms with Gasteiger partial charge in [0.15, 0.2) is 0 Å². The molecule has 2 saturated carbocycles. The first-order valence-corrected chi connectivity index (χ1v) is 13.1. The fourth-order valence-corrected chi connectivity index (χ4v) is 8.77. The predicted octanol–water partition coefficient (Wildman–Crippen LogP) is 7.43. The Morgan fingerprint density at radius 2 is 1.84 bits per heavy atom. The van der Waals surface area contributed by atoms with E-state index in [4.69, 9.17) is 0 Å². The fraction of sp³-hybridized carbons (Fsp3) is 0.767. The van der Waals surface area contributed by atoms with Crippen LogP contribution >= 0.6 is 0 Å². The SMILES string of the molecule is C/C(C=O)=C\CC[C@@H](C)[C@H]1CC[C@@]2(C)C3=CCC4C(C)(C)[C@@H](O)CC[C@]4(C)C3=CC[C@]12C. The van der Waals surface area contributed by atoms with Crippen LogP contribution in [0.15, 0.2) is 34.9 Å². The number of aldehydes is 1. The van der Waals surface area contributed by atoms with E-state index in [0.29, 0.717) is 17.3 Å². The van der Waals surface area contributed by atoms with Crippen LogP contribution in [0, 0.1) is 39.4 Å². The summed E-state index contributed by atoms with van der Waals surface area (Å²) in [6.45, 7) is 16.6. The van der Waals surface area contributed by atoms with E-state index in [1.54, 1.807) is 11.1 Å². The molecule has 0 saturated heterocycles. The lowest BCUT2D eigenvalue weighted by Gasteiger charge is -2.61. The lowest BCUT2D eigenvalue weighted by Crippen LogP contribution is -2.54. The van der Waals surface area contributed by atoms with Gasteiger partial charge in [-0.05, 0) is 114 Å². The molecule has 0 aromatic heterocycles. The Morgan fingerprint density at radius 1 is 1.12 bits per heavy atom. The molecule has 2 heteroatoms. The monoisotopic (exact) mass is 438 g/mol. The number of carbonyl (C=O) groups excluding carboxylic acids is 1. The quantitative estimate of drug-likeness (QED) is 0.358. The summed E-state index contributed by atoms with van der Waals surface area (Å²) in [4.78, 5) is 10.9. The van der Waals surface area contributed by atoms with E-state index in [9.17, 15) is 9.90 Å². The summed E-state index contributed by atoms with van der Waals surface area (Å²) < 4.78 is 0. The van der Waals surface area contributed by atoms with Crippen LogP contribution in [-0.2, 0) is 4.79 Å². The van der Waals surface area contributed by atoms with Gasteiger partial charge in [-0.25, -0.2) is 0 Å². The summed E-state index contributed by atoms with van der Waals surface area (Å²) >= 11 is 0. The molecule has 0 aliphatic heterocycles. The summed E-state index contributed by atoms with van der Waals surface area (Å²) in [6, 6.07) is 0. The van der Waals surface area contributed by atoms with Gasteiger partial charge < -0.3 is 5.11 Å². The Hall–Kier alpha value is -1.15. The Balaban J connectivity index is 1.63. The zero-order valence-electron chi connectivity index (χ0n) is 21.6. The number of rotatable bonds is 5. The highest BCUT2D eigenvalue weighted by Gasteiger charge is 2.62. The van der Waals surface area contributed by atoms with E-state index in [2.05, 4.69) is 59.8 Å². The molecule has 7 atom stereocenters. The van der Waals surface area contributed by atoms with E-state index < -0.39 is 0 Å². The van der Waals surface area contributed by atoms with E-state index in [0.717, 1.165) is 43.5 Å². The first-order chi connectivity index (χ1) is 14.9. The van der Waals surface area contributed by atoms with Gasteiger partial charge in [0.05, 0.1) is 6.10 Å². The van der Waals surface area contributed by atoms with Gasteiger partial charge >= 0.3 is 0 Å². The van der Waals surface area contributed by atoms with Gasteiger partial charge in [0.2, 0.25) is 0 Å². The Bertz CT molecular complexity index is 860. The molecule has 0 aromatic rings. The van der Waals surface area contributed by atoms with Crippen molar-refractivity contribution in [1.82, 2.24) is 0 Å². The number of allylic oxidation sites excluding steroid dienone is 6. The molecule has 1 unspecified atom stereocenters. The number of hydrogen-bond donors (Lipinski definition) is 1. The van der Waals surface area contributed by atoms with Crippen molar-refractivity contribution in [3.63, 3.8) is 0 Å². The number of hydrogen-bond acceptors (Lipinski definition) is 2. The van der Waals surface area contributed by atoms with Gasteiger partial charge in [-0.2, -0.15) is 0 Å². The molecule has 0 heterocycles. The van der Waals surface area contributed by atoms with Gasteiger partial charge in [0.1, 0.15) is 6.29 Å². The molecule has 32 heavy (non-hydrogen) atoms. The molecule has 0 spiro atoms. The zero-order chi connectivity index (χ0) is 23.5. The normalized spacial score (nSPS) is 44.0. The largest absolute Gasteiger partial charge is 0.393 e. The molecule has 4 rings (SSSR count). The smallest absolute Gasteiger partial charge is 0.145 e. The van der Waals surface area contributed by atoms with Crippen LogP contribution in [0.3, 0.4) is 0 Å². The number of carbonyl (C=O) groups is 1. The van der Waals surface area contributed by atoms with Gasteiger partial charge in [0, 0.05) is 0 Å². The van der Waals surface area contributed by atoms with Crippen LogP contribution in [0.5, 0.6) is 0 Å².